The number of hydrogen-bond donors (Lipinski definition) is 1. The molecule has 2 aromatic rings. The first kappa shape index (κ1) is 16.5. The molecule has 1 N–H and O–H groups in total. The summed E-state index contributed by atoms with van der Waals surface area (Å²) in [6.07, 6.45) is 0. The van der Waals surface area contributed by atoms with Gasteiger partial charge in [-0.3, -0.25) is 4.90 Å². The second-order valence-corrected chi connectivity index (χ2v) is 6.13. The van der Waals surface area contributed by atoms with E-state index < -0.39 is 0 Å². The van der Waals surface area contributed by atoms with E-state index in [2.05, 4.69) is 27.8 Å². The molecule has 0 amide bonds. The molecule has 1 aromatic heterocycles. The summed E-state index contributed by atoms with van der Waals surface area (Å²) in [5, 5.41) is 20.1. The number of benzene rings is 1. The van der Waals surface area contributed by atoms with Crippen LogP contribution in [-0.4, -0.2) is 63.7 Å². The zero-order chi connectivity index (χ0) is 17.1. The average Bonchev–Trinajstić information content (AvgIpc) is 2.93. The van der Waals surface area contributed by atoms with Gasteiger partial charge in [-0.1, -0.05) is 19.1 Å². The van der Waals surface area contributed by atoms with Crippen molar-refractivity contribution in [3.8, 4) is 6.07 Å². The number of aliphatic hydroxyl groups excluding tert-OH is 1. The van der Waals surface area contributed by atoms with Crippen LogP contribution in [0.4, 0.5) is 0 Å². The van der Waals surface area contributed by atoms with Crippen molar-refractivity contribution in [2.45, 2.75) is 6.92 Å². The number of aromatic nitrogens is 2. The molecule has 0 bridgehead atoms. The number of para-hydroxylation sites is 2. The zero-order valence-corrected chi connectivity index (χ0v) is 14.2. The Balaban J connectivity index is 1.85. The van der Waals surface area contributed by atoms with Crippen LogP contribution >= 0.6 is 0 Å². The standard InChI is InChI=1S/C18H23N5O/c1-3-22-8-10-23(11-9-22)13-17(24)14(12-19)18-20-15-6-4-5-7-16(15)21(18)2/h4-7,24H,3,8-11,13H2,1-2H3/b17-14-. The highest BCUT2D eigenvalue weighted by molar-refractivity contribution is 5.83. The van der Waals surface area contributed by atoms with E-state index in [-0.39, 0.29) is 11.3 Å². The van der Waals surface area contributed by atoms with Gasteiger partial charge in [-0.05, 0) is 18.7 Å². The molecule has 6 heteroatoms. The largest absolute Gasteiger partial charge is 0.509 e. The Bertz CT molecular complexity index is 793. The van der Waals surface area contributed by atoms with Gasteiger partial charge in [0.1, 0.15) is 17.4 Å². The van der Waals surface area contributed by atoms with Crippen molar-refractivity contribution in [3.63, 3.8) is 0 Å². The molecule has 3 rings (SSSR count). The lowest BCUT2D eigenvalue weighted by atomic mass is 10.2. The van der Waals surface area contributed by atoms with Crippen LogP contribution in [0.5, 0.6) is 0 Å². The molecular formula is C18H23N5O. The van der Waals surface area contributed by atoms with E-state index in [1.165, 1.54) is 0 Å². The van der Waals surface area contributed by atoms with Gasteiger partial charge in [0, 0.05) is 33.2 Å². The fourth-order valence-corrected chi connectivity index (χ4v) is 3.17. The summed E-state index contributed by atoms with van der Waals surface area (Å²) in [5.41, 5.74) is 2.03. The minimum atomic E-state index is 0.0980. The average molecular weight is 325 g/mol. The van der Waals surface area contributed by atoms with Gasteiger partial charge in [0.15, 0.2) is 5.82 Å². The highest BCUT2D eigenvalue weighted by atomic mass is 16.3. The van der Waals surface area contributed by atoms with E-state index in [0.29, 0.717) is 12.4 Å². The van der Waals surface area contributed by atoms with Crippen LogP contribution in [0.3, 0.4) is 0 Å². The monoisotopic (exact) mass is 325 g/mol. The van der Waals surface area contributed by atoms with Crippen LogP contribution in [0.15, 0.2) is 30.0 Å². The highest BCUT2D eigenvalue weighted by Crippen LogP contribution is 2.22. The van der Waals surface area contributed by atoms with E-state index in [1.807, 2.05) is 35.9 Å². The lowest BCUT2D eigenvalue weighted by Gasteiger charge is -2.33. The molecular weight excluding hydrogens is 302 g/mol. The van der Waals surface area contributed by atoms with Crippen molar-refractivity contribution in [1.29, 1.82) is 5.26 Å². The fourth-order valence-electron chi connectivity index (χ4n) is 3.17. The van der Waals surface area contributed by atoms with Gasteiger partial charge < -0.3 is 14.6 Å². The summed E-state index contributed by atoms with van der Waals surface area (Å²) in [6, 6.07) is 9.87. The number of fused-ring (bicyclic) bond motifs is 1. The van der Waals surface area contributed by atoms with E-state index in [1.54, 1.807) is 0 Å². The van der Waals surface area contributed by atoms with Gasteiger partial charge in [-0.25, -0.2) is 4.98 Å². The maximum absolute atomic E-state index is 10.5. The second-order valence-electron chi connectivity index (χ2n) is 6.13. The van der Waals surface area contributed by atoms with Crippen LogP contribution in [0.25, 0.3) is 16.6 Å². The van der Waals surface area contributed by atoms with Crippen molar-refractivity contribution in [2.24, 2.45) is 7.05 Å². The third-order valence-electron chi connectivity index (χ3n) is 4.70. The summed E-state index contributed by atoms with van der Waals surface area (Å²) in [6.45, 7) is 7.41. The summed E-state index contributed by atoms with van der Waals surface area (Å²) in [5.74, 6) is 0.615. The number of aliphatic hydroxyl groups is 1. The Morgan fingerprint density at radius 2 is 1.88 bits per heavy atom. The minimum absolute atomic E-state index is 0.0980. The third-order valence-corrected chi connectivity index (χ3v) is 4.70. The Morgan fingerprint density at radius 3 is 2.50 bits per heavy atom. The van der Waals surface area contributed by atoms with E-state index >= 15 is 0 Å². The number of imidazole rings is 1. The lowest BCUT2D eigenvalue weighted by Crippen LogP contribution is -2.46. The SMILES string of the molecule is CCN1CCN(C/C(O)=C(\C#N)c2nc3ccccc3n2C)CC1. The minimum Gasteiger partial charge on any atom is -0.509 e. The van der Waals surface area contributed by atoms with Gasteiger partial charge in [0.05, 0.1) is 17.6 Å². The maximum Gasteiger partial charge on any atom is 0.155 e. The summed E-state index contributed by atoms with van der Waals surface area (Å²) in [4.78, 5) is 9.08. The molecule has 6 nitrogen and oxygen atoms in total. The number of allylic oxidation sites excluding steroid dienone is 1. The molecule has 2 heterocycles. The highest BCUT2D eigenvalue weighted by Gasteiger charge is 2.20. The predicted octanol–water partition coefficient (Wildman–Crippen LogP) is 2.00. The number of piperazine rings is 1. The van der Waals surface area contributed by atoms with Gasteiger partial charge in [0.25, 0.3) is 0 Å². The Morgan fingerprint density at radius 1 is 1.21 bits per heavy atom. The Labute approximate surface area is 142 Å². The smallest absolute Gasteiger partial charge is 0.155 e. The van der Waals surface area contributed by atoms with Crippen molar-refractivity contribution < 1.29 is 5.11 Å². The molecule has 0 saturated carbocycles. The van der Waals surface area contributed by atoms with Crippen molar-refractivity contribution >= 4 is 16.6 Å². The predicted molar refractivity (Wildman–Crippen MR) is 94.4 cm³/mol. The number of aryl methyl sites for hydroxylation is 1. The number of rotatable bonds is 4. The number of likely N-dealkylation sites (N-methyl/N-ethyl adjacent to an activating group) is 1. The van der Waals surface area contributed by atoms with Crippen molar-refractivity contribution in [3.05, 3.63) is 35.8 Å². The molecule has 1 aliphatic rings. The van der Waals surface area contributed by atoms with Gasteiger partial charge >= 0.3 is 0 Å². The number of nitriles is 1. The van der Waals surface area contributed by atoms with E-state index in [0.717, 1.165) is 43.8 Å². The molecule has 0 aliphatic carbocycles. The van der Waals surface area contributed by atoms with E-state index in [4.69, 9.17) is 0 Å². The molecule has 1 fully saturated rings. The molecule has 1 aromatic carbocycles. The molecule has 0 unspecified atom stereocenters. The number of nitrogens with zero attached hydrogens (tertiary/aromatic N) is 5. The fraction of sp³-hybridized carbons (Fsp3) is 0.444. The number of hydrogen-bond acceptors (Lipinski definition) is 5. The van der Waals surface area contributed by atoms with Gasteiger partial charge in [-0.2, -0.15) is 5.26 Å². The molecule has 0 radical (unpaired) electrons. The van der Waals surface area contributed by atoms with Crippen molar-refractivity contribution in [1.82, 2.24) is 19.4 Å². The van der Waals surface area contributed by atoms with Crippen LogP contribution < -0.4 is 0 Å². The lowest BCUT2D eigenvalue weighted by molar-refractivity contribution is 0.135. The van der Waals surface area contributed by atoms with Crippen LogP contribution in [-0.2, 0) is 7.05 Å². The maximum atomic E-state index is 10.5. The summed E-state index contributed by atoms with van der Waals surface area (Å²) < 4.78 is 1.86. The molecule has 1 aliphatic heterocycles. The van der Waals surface area contributed by atoms with Crippen LogP contribution in [0, 0.1) is 11.3 Å². The topological polar surface area (TPSA) is 68.3 Å². The molecule has 126 valence electrons. The molecule has 0 atom stereocenters. The first-order valence-electron chi connectivity index (χ1n) is 8.32. The summed E-state index contributed by atoms with van der Waals surface area (Å²) >= 11 is 0. The Hall–Kier alpha value is -2.36. The van der Waals surface area contributed by atoms with E-state index in [9.17, 15) is 10.4 Å². The quantitative estimate of drug-likeness (QED) is 0.688. The second kappa shape index (κ2) is 7.04. The van der Waals surface area contributed by atoms with Crippen LogP contribution in [0.2, 0.25) is 0 Å². The van der Waals surface area contributed by atoms with Crippen molar-refractivity contribution in [2.75, 3.05) is 39.3 Å². The molecule has 0 spiro atoms. The first-order valence-corrected chi connectivity index (χ1v) is 8.32. The first-order chi connectivity index (χ1) is 11.6. The van der Waals surface area contributed by atoms with Gasteiger partial charge in [0.2, 0.25) is 0 Å². The Kier molecular flexibility index (Phi) is 4.84. The van der Waals surface area contributed by atoms with Crippen LogP contribution in [0.1, 0.15) is 12.7 Å². The summed E-state index contributed by atoms with van der Waals surface area (Å²) in [7, 11) is 1.87. The third kappa shape index (κ3) is 3.14. The van der Waals surface area contributed by atoms with Gasteiger partial charge in [-0.15, -0.1) is 0 Å². The normalized spacial score (nSPS) is 17.7. The zero-order valence-electron chi connectivity index (χ0n) is 14.2. The molecule has 1 saturated heterocycles. The molecule has 24 heavy (non-hydrogen) atoms.